The number of ether oxygens (including phenoxy) is 1. The SMILES string of the molecule is Cc1cc(F)c2c(c1)OC[C@H](NC(=O)c1nc3n(n1)[C@H](C(F)(F)F)CC3)C(=O)N2. The van der Waals surface area contributed by atoms with E-state index in [9.17, 15) is 27.2 Å². The van der Waals surface area contributed by atoms with Gasteiger partial charge in [0.1, 0.15) is 36.0 Å². The first kappa shape index (κ1) is 19.2. The summed E-state index contributed by atoms with van der Waals surface area (Å²) in [7, 11) is 0. The molecular weight excluding hydrogens is 398 g/mol. The predicted molar refractivity (Wildman–Crippen MR) is 90.0 cm³/mol. The topological polar surface area (TPSA) is 98.1 Å². The Morgan fingerprint density at radius 2 is 2.14 bits per heavy atom. The Kier molecular flexibility index (Phi) is 4.43. The zero-order chi connectivity index (χ0) is 20.9. The summed E-state index contributed by atoms with van der Waals surface area (Å²) in [4.78, 5) is 28.6. The smallest absolute Gasteiger partial charge is 0.410 e. The van der Waals surface area contributed by atoms with Crippen LogP contribution in [0.2, 0.25) is 0 Å². The van der Waals surface area contributed by atoms with Gasteiger partial charge < -0.3 is 15.4 Å². The van der Waals surface area contributed by atoms with Gasteiger partial charge in [-0.05, 0) is 31.0 Å². The number of fused-ring (bicyclic) bond motifs is 2. The fraction of sp³-hybridized carbons (Fsp3) is 0.412. The van der Waals surface area contributed by atoms with Gasteiger partial charge >= 0.3 is 6.18 Å². The van der Waals surface area contributed by atoms with Crippen LogP contribution in [0.15, 0.2) is 12.1 Å². The molecule has 2 N–H and O–H groups in total. The third-order valence-corrected chi connectivity index (χ3v) is 4.69. The van der Waals surface area contributed by atoms with Crippen LogP contribution in [-0.2, 0) is 11.2 Å². The van der Waals surface area contributed by atoms with E-state index in [1.165, 1.54) is 12.1 Å². The lowest BCUT2D eigenvalue weighted by atomic mass is 10.2. The summed E-state index contributed by atoms with van der Waals surface area (Å²) in [5, 5.41) is 8.32. The fourth-order valence-corrected chi connectivity index (χ4v) is 3.30. The van der Waals surface area contributed by atoms with Crippen molar-refractivity contribution in [3.63, 3.8) is 0 Å². The molecule has 0 saturated heterocycles. The number of nitrogens with one attached hydrogen (secondary N) is 2. The van der Waals surface area contributed by atoms with Gasteiger partial charge in [0.05, 0.1) is 0 Å². The van der Waals surface area contributed by atoms with E-state index in [-0.39, 0.29) is 36.7 Å². The Morgan fingerprint density at radius 1 is 1.38 bits per heavy atom. The van der Waals surface area contributed by atoms with Crippen molar-refractivity contribution in [1.29, 1.82) is 0 Å². The lowest BCUT2D eigenvalue weighted by Gasteiger charge is -2.15. The summed E-state index contributed by atoms with van der Waals surface area (Å²) >= 11 is 0. The van der Waals surface area contributed by atoms with Crippen molar-refractivity contribution < 1.29 is 31.9 Å². The maximum atomic E-state index is 14.1. The van der Waals surface area contributed by atoms with Crippen molar-refractivity contribution in [3.05, 3.63) is 35.2 Å². The molecule has 1 aromatic carbocycles. The molecule has 2 aliphatic rings. The Labute approximate surface area is 161 Å². The van der Waals surface area contributed by atoms with Crippen LogP contribution >= 0.6 is 0 Å². The summed E-state index contributed by atoms with van der Waals surface area (Å²) in [5.74, 6) is -2.68. The van der Waals surface area contributed by atoms with Crippen LogP contribution < -0.4 is 15.4 Å². The molecule has 8 nitrogen and oxygen atoms in total. The van der Waals surface area contributed by atoms with Crippen LogP contribution in [0.1, 0.15) is 34.5 Å². The number of alkyl halides is 3. The average Bonchev–Trinajstić information content (AvgIpc) is 3.16. The highest BCUT2D eigenvalue weighted by Gasteiger charge is 2.46. The van der Waals surface area contributed by atoms with E-state index in [0.717, 1.165) is 0 Å². The number of hydrogen-bond donors (Lipinski definition) is 2. The number of aromatic nitrogens is 3. The summed E-state index contributed by atoms with van der Waals surface area (Å²) < 4.78 is 59.2. The largest absolute Gasteiger partial charge is 0.489 e. The Bertz CT molecular complexity index is 1000. The van der Waals surface area contributed by atoms with Crippen LogP contribution in [0, 0.1) is 12.7 Å². The number of hydrogen-bond acceptors (Lipinski definition) is 5. The fourth-order valence-electron chi connectivity index (χ4n) is 3.30. The predicted octanol–water partition coefficient (Wildman–Crippen LogP) is 1.90. The lowest BCUT2D eigenvalue weighted by Crippen LogP contribution is -2.46. The Balaban J connectivity index is 1.50. The molecule has 0 spiro atoms. The number of rotatable bonds is 2. The minimum atomic E-state index is -4.50. The molecular formula is C17H15F4N5O3. The zero-order valence-electron chi connectivity index (χ0n) is 15.0. The number of aryl methyl sites for hydroxylation is 2. The van der Waals surface area contributed by atoms with Crippen molar-refractivity contribution >= 4 is 17.5 Å². The number of carbonyl (C=O) groups excluding carboxylic acids is 2. The third-order valence-electron chi connectivity index (χ3n) is 4.69. The molecule has 0 radical (unpaired) electrons. The summed E-state index contributed by atoms with van der Waals surface area (Å²) in [6.45, 7) is 1.35. The van der Waals surface area contributed by atoms with E-state index in [0.29, 0.717) is 10.2 Å². The molecule has 0 aliphatic carbocycles. The number of anilines is 1. The van der Waals surface area contributed by atoms with E-state index < -0.39 is 41.7 Å². The molecule has 0 bridgehead atoms. The molecule has 0 unspecified atom stereocenters. The maximum Gasteiger partial charge on any atom is 0.410 e. The highest BCUT2D eigenvalue weighted by atomic mass is 19.4. The molecule has 0 saturated carbocycles. The molecule has 29 heavy (non-hydrogen) atoms. The van der Waals surface area contributed by atoms with Gasteiger partial charge in [-0.25, -0.2) is 14.1 Å². The number of halogens is 4. The second-order valence-electron chi connectivity index (χ2n) is 6.84. The molecule has 1 aromatic heterocycles. The monoisotopic (exact) mass is 413 g/mol. The van der Waals surface area contributed by atoms with Gasteiger partial charge in [-0.1, -0.05) is 0 Å². The van der Waals surface area contributed by atoms with Crippen LogP contribution in [-0.4, -0.2) is 45.4 Å². The molecule has 3 heterocycles. The molecule has 154 valence electrons. The quantitative estimate of drug-likeness (QED) is 0.733. The van der Waals surface area contributed by atoms with Crippen molar-refractivity contribution in [1.82, 2.24) is 20.1 Å². The minimum absolute atomic E-state index is 0.0332. The minimum Gasteiger partial charge on any atom is -0.489 e. The number of benzene rings is 1. The van der Waals surface area contributed by atoms with E-state index in [2.05, 4.69) is 20.7 Å². The van der Waals surface area contributed by atoms with Gasteiger partial charge in [-0.15, -0.1) is 5.10 Å². The number of amides is 2. The second-order valence-corrected chi connectivity index (χ2v) is 6.84. The second kappa shape index (κ2) is 6.71. The van der Waals surface area contributed by atoms with Crippen molar-refractivity contribution in [3.8, 4) is 5.75 Å². The first-order valence-corrected chi connectivity index (χ1v) is 8.70. The average molecular weight is 413 g/mol. The number of carbonyl (C=O) groups is 2. The normalized spacial score (nSPS) is 20.9. The summed E-state index contributed by atoms with van der Waals surface area (Å²) in [6, 6.07) is -0.306. The standard InChI is InChI=1S/C17H15F4N5O3/c1-7-4-8(18)13-10(5-7)29-6-9(15(27)24-13)22-16(28)14-23-12-3-2-11(17(19,20)21)26(12)25-14/h4-5,9,11H,2-3,6H2,1H3,(H,22,28)(H,24,27)/t9-,11-/m0/s1. The van der Waals surface area contributed by atoms with Gasteiger partial charge in [-0.2, -0.15) is 13.2 Å². The lowest BCUT2D eigenvalue weighted by molar-refractivity contribution is -0.168. The van der Waals surface area contributed by atoms with E-state index >= 15 is 0 Å². The summed E-state index contributed by atoms with van der Waals surface area (Å²) in [5.41, 5.74) is 0.429. The van der Waals surface area contributed by atoms with Crippen LogP contribution in [0.4, 0.5) is 23.2 Å². The number of nitrogens with zero attached hydrogens (tertiary/aromatic N) is 3. The first-order chi connectivity index (χ1) is 13.6. The van der Waals surface area contributed by atoms with E-state index in [4.69, 9.17) is 4.74 Å². The molecule has 2 aromatic rings. The van der Waals surface area contributed by atoms with Crippen molar-refractivity contribution in [2.45, 2.75) is 38.0 Å². The van der Waals surface area contributed by atoms with Gasteiger partial charge in [0.15, 0.2) is 5.82 Å². The van der Waals surface area contributed by atoms with Gasteiger partial charge in [-0.3, -0.25) is 9.59 Å². The Morgan fingerprint density at radius 3 is 2.86 bits per heavy atom. The Hall–Kier alpha value is -3.18. The van der Waals surface area contributed by atoms with Gasteiger partial charge in [0.2, 0.25) is 5.82 Å². The van der Waals surface area contributed by atoms with Crippen molar-refractivity contribution in [2.75, 3.05) is 11.9 Å². The maximum absolute atomic E-state index is 14.1. The molecule has 0 fully saturated rings. The van der Waals surface area contributed by atoms with Crippen LogP contribution in [0.3, 0.4) is 0 Å². The highest BCUT2D eigenvalue weighted by molar-refractivity contribution is 6.01. The molecule has 12 heteroatoms. The highest BCUT2D eigenvalue weighted by Crippen LogP contribution is 2.38. The van der Waals surface area contributed by atoms with Gasteiger partial charge in [0.25, 0.3) is 11.8 Å². The first-order valence-electron chi connectivity index (χ1n) is 8.70. The molecule has 4 rings (SSSR count). The molecule has 2 aliphatic heterocycles. The van der Waals surface area contributed by atoms with Crippen LogP contribution in [0.25, 0.3) is 0 Å². The molecule has 2 amide bonds. The van der Waals surface area contributed by atoms with E-state index in [1.807, 2.05) is 0 Å². The van der Waals surface area contributed by atoms with Crippen LogP contribution in [0.5, 0.6) is 5.75 Å². The third kappa shape index (κ3) is 3.49. The summed E-state index contributed by atoms with van der Waals surface area (Å²) in [6.07, 6.45) is -4.66. The molecule has 2 atom stereocenters. The van der Waals surface area contributed by atoms with Gasteiger partial charge in [0, 0.05) is 6.42 Å². The van der Waals surface area contributed by atoms with Crippen molar-refractivity contribution in [2.24, 2.45) is 0 Å². The zero-order valence-corrected chi connectivity index (χ0v) is 15.0. The van der Waals surface area contributed by atoms with E-state index in [1.54, 1.807) is 6.92 Å².